The number of ketones is 1. The molecule has 1 atom stereocenters. The van der Waals surface area contributed by atoms with Crippen LogP contribution in [0.3, 0.4) is 0 Å². The number of carbonyl (C=O) groups is 1. The maximum atomic E-state index is 12.0. The third-order valence-corrected chi connectivity index (χ3v) is 2.24. The minimum atomic E-state index is -2.80. The van der Waals surface area contributed by atoms with Gasteiger partial charge in [-0.3, -0.25) is 4.79 Å². The Bertz CT molecular complexity index is 410. The van der Waals surface area contributed by atoms with Crippen LogP contribution in [0, 0.1) is 0 Å². The van der Waals surface area contributed by atoms with Crippen molar-refractivity contribution in [2.75, 3.05) is 17.6 Å². The molecule has 1 rings (SSSR count). The zero-order valence-corrected chi connectivity index (χ0v) is 9.28. The predicted molar refractivity (Wildman–Crippen MR) is 61.4 cm³/mol. The molecule has 4 N–H and O–H groups in total. The molecule has 0 aliphatic rings. The van der Waals surface area contributed by atoms with E-state index in [9.17, 15) is 13.6 Å². The number of aliphatic hydroxyl groups is 1. The van der Waals surface area contributed by atoms with Crippen LogP contribution in [0.15, 0.2) is 18.2 Å². The maximum absolute atomic E-state index is 12.0. The van der Waals surface area contributed by atoms with Gasteiger partial charge in [0.05, 0.1) is 0 Å². The molecule has 0 saturated heterocycles. The average Bonchev–Trinajstić information content (AvgIpc) is 2.25. The Kier molecular flexibility index (Phi) is 4.39. The number of hydrogen-bond acceptors (Lipinski definition) is 4. The molecule has 4 nitrogen and oxygen atoms in total. The van der Waals surface area contributed by atoms with Crippen molar-refractivity contribution >= 4 is 17.2 Å². The lowest BCUT2D eigenvalue weighted by atomic mass is 10.1. The summed E-state index contributed by atoms with van der Waals surface area (Å²) in [5, 5.41) is 11.5. The van der Waals surface area contributed by atoms with Gasteiger partial charge in [0.15, 0.2) is 5.78 Å². The Balaban J connectivity index is 2.68. The maximum Gasteiger partial charge on any atom is 0.265 e. The van der Waals surface area contributed by atoms with Crippen molar-refractivity contribution in [1.29, 1.82) is 0 Å². The first-order valence-electron chi connectivity index (χ1n) is 5.02. The van der Waals surface area contributed by atoms with Gasteiger partial charge in [0.25, 0.3) is 6.43 Å². The number of aliphatic hydroxyl groups excluding tert-OH is 1. The summed E-state index contributed by atoms with van der Waals surface area (Å²) >= 11 is 0. The highest BCUT2D eigenvalue weighted by Gasteiger charge is 2.16. The highest BCUT2D eigenvalue weighted by Crippen LogP contribution is 2.18. The van der Waals surface area contributed by atoms with E-state index in [1.807, 2.05) is 0 Å². The second-order valence-electron chi connectivity index (χ2n) is 3.64. The van der Waals surface area contributed by atoms with Crippen molar-refractivity contribution in [3.63, 3.8) is 0 Å². The molecule has 0 radical (unpaired) electrons. The second-order valence-corrected chi connectivity index (χ2v) is 3.64. The zero-order valence-electron chi connectivity index (χ0n) is 9.28. The first kappa shape index (κ1) is 13.4. The van der Waals surface area contributed by atoms with Crippen LogP contribution in [0.25, 0.3) is 0 Å². The molecule has 1 aromatic carbocycles. The number of Topliss-reactive ketones (excluding diaryl/α,β-unsaturated/α-hetero) is 1. The number of benzene rings is 1. The number of anilines is 2. The number of nitrogens with two attached hydrogens (primary N) is 1. The Morgan fingerprint density at radius 2 is 2.18 bits per heavy atom. The van der Waals surface area contributed by atoms with E-state index < -0.39 is 12.5 Å². The van der Waals surface area contributed by atoms with Crippen LogP contribution in [-0.2, 0) is 0 Å². The van der Waals surface area contributed by atoms with Gasteiger partial charge in [-0.25, -0.2) is 8.78 Å². The molecule has 0 heterocycles. The summed E-state index contributed by atoms with van der Waals surface area (Å²) in [4.78, 5) is 11.1. The van der Waals surface area contributed by atoms with Crippen LogP contribution in [0.4, 0.5) is 20.2 Å². The minimum Gasteiger partial charge on any atom is -0.398 e. The smallest absolute Gasteiger partial charge is 0.265 e. The molecule has 6 heteroatoms. The lowest BCUT2D eigenvalue weighted by Crippen LogP contribution is -2.26. The Morgan fingerprint density at radius 1 is 1.53 bits per heavy atom. The molecule has 17 heavy (non-hydrogen) atoms. The normalized spacial score (nSPS) is 12.5. The third-order valence-electron chi connectivity index (χ3n) is 2.24. The Morgan fingerprint density at radius 3 is 2.65 bits per heavy atom. The van der Waals surface area contributed by atoms with Gasteiger partial charge in [-0.05, 0) is 25.1 Å². The molecule has 0 spiro atoms. The van der Waals surface area contributed by atoms with Crippen molar-refractivity contribution in [2.45, 2.75) is 19.5 Å². The molecule has 0 aromatic heterocycles. The lowest BCUT2D eigenvalue weighted by Gasteiger charge is -2.12. The highest BCUT2D eigenvalue weighted by atomic mass is 19.3. The topological polar surface area (TPSA) is 75.3 Å². The predicted octanol–water partition coefficient (Wildman–Crippen LogP) is 1.51. The Hall–Kier alpha value is -1.69. The van der Waals surface area contributed by atoms with Gasteiger partial charge < -0.3 is 16.2 Å². The second kappa shape index (κ2) is 5.58. The SMILES string of the molecule is CC(=O)c1ccc(NCC(O)C(F)F)cc1N. The van der Waals surface area contributed by atoms with E-state index in [0.29, 0.717) is 11.3 Å². The van der Waals surface area contributed by atoms with Crippen molar-refractivity contribution in [1.82, 2.24) is 0 Å². The number of nitrogen functional groups attached to an aromatic ring is 1. The van der Waals surface area contributed by atoms with Crippen LogP contribution in [0.1, 0.15) is 17.3 Å². The third kappa shape index (κ3) is 3.67. The summed E-state index contributed by atoms with van der Waals surface area (Å²) in [6, 6.07) is 4.52. The molecule has 0 aliphatic carbocycles. The molecule has 94 valence electrons. The molecule has 0 bridgehead atoms. The molecule has 0 aliphatic heterocycles. The Labute approximate surface area is 97.4 Å². The molecule has 1 unspecified atom stereocenters. The fourth-order valence-electron chi connectivity index (χ4n) is 1.30. The van der Waals surface area contributed by atoms with E-state index in [1.165, 1.54) is 19.1 Å². The summed E-state index contributed by atoms with van der Waals surface area (Å²) in [5.74, 6) is -0.165. The number of halogens is 2. The number of carbonyl (C=O) groups excluding carboxylic acids is 1. The van der Waals surface area contributed by atoms with Gasteiger partial charge >= 0.3 is 0 Å². The molecule has 1 aromatic rings. The first-order valence-corrected chi connectivity index (χ1v) is 5.02. The van der Waals surface area contributed by atoms with Crippen LogP contribution in [0.5, 0.6) is 0 Å². The van der Waals surface area contributed by atoms with Crippen molar-refractivity contribution in [3.05, 3.63) is 23.8 Å². The first-order chi connectivity index (χ1) is 7.91. The number of rotatable bonds is 5. The molecule has 0 saturated carbocycles. The molecular weight excluding hydrogens is 230 g/mol. The van der Waals surface area contributed by atoms with Crippen molar-refractivity contribution in [2.24, 2.45) is 0 Å². The number of hydrogen-bond donors (Lipinski definition) is 3. The summed E-state index contributed by atoms with van der Waals surface area (Å²) in [6.45, 7) is 1.11. The summed E-state index contributed by atoms with van der Waals surface area (Å²) < 4.78 is 24.0. The van der Waals surface area contributed by atoms with E-state index >= 15 is 0 Å². The van der Waals surface area contributed by atoms with E-state index in [-0.39, 0.29) is 18.0 Å². The standard InChI is InChI=1S/C11H14F2N2O2/c1-6(16)8-3-2-7(4-9(8)14)15-5-10(17)11(12)13/h2-4,10-11,15,17H,5,14H2,1H3. The largest absolute Gasteiger partial charge is 0.398 e. The average molecular weight is 244 g/mol. The van der Waals surface area contributed by atoms with Crippen LogP contribution < -0.4 is 11.1 Å². The lowest BCUT2D eigenvalue weighted by molar-refractivity contribution is 0.00385. The fourth-order valence-corrected chi connectivity index (χ4v) is 1.30. The monoisotopic (exact) mass is 244 g/mol. The molecular formula is C11H14F2N2O2. The summed E-state index contributed by atoms with van der Waals surface area (Å²) in [5.41, 5.74) is 6.75. The van der Waals surface area contributed by atoms with Gasteiger partial charge in [-0.2, -0.15) is 0 Å². The summed E-state index contributed by atoms with van der Waals surface area (Å²) in [6.07, 6.45) is -4.53. The van der Waals surface area contributed by atoms with Gasteiger partial charge in [0, 0.05) is 23.5 Å². The van der Waals surface area contributed by atoms with Crippen molar-refractivity contribution in [3.8, 4) is 0 Å². The molecule has 0 fully saturated rings. The van der Waals surface area contributed by atoms with Gasteiger partial charge in [-0.1, -0.05) is 0 Å². The van der Waals surface area contributed by atoms with Gasteiger partial charge in [0.2, 0.25) is 0 Å². The minimum absolute atomic E-state index is 0.165. The van der Waals surface area contributed by atoms with Gasteiger partial charge in [0.1, 0.15) is 6.10 Å². The van der Waals surface area contributed by atoms with E-state index in [1.54, 1.807) is 6.07 Å². The van der Waals surface area contributed by atoms with Crippen LogP contribution in [-0.4, -0.2) is 30.0 Å². The van der Waals surface area contributed by atoms with Gasteiger partial charge in [-0.15, -0.1) is 0 Å². The van der Waals surface area contributed by atoms with E-state index in [2.05, 4.69) is 5.32 Å². The van der Waals surface area contributed by atoms with Crippen molar-refractivity contribution < 1.29 is 18.7 Å². The zero-order chi connectivity index (χ0) is 13.0. The van der Waals surface area contributed by atoms with Crippen LogP contribution in [0.2, 0.25) is 0 Å². The fraction of sp³-hybridized carbons (Fsp3) is 0.364. The summed E-state index contributed by atoms with van der Waals surface area (Å²) in [7, 11) is 0. The number of nitrogens with one attached hydrogen (secondary N) is 1. The molecule has 0 amide bonds. The quantitative estimate of drug-likeness (QED) is 0.542. The number of alkyl halides is 2. The highest BCUT2D eigenvalue weighted by molar-refractivity contribution is 5.99. The van der Waals surface area contributed by atoms with E-state index in [4.69, 9.17) is 10.8 Å². The van der Waals surface area contributed by atoms with Crippen LogP contribution >= 0.6 is 0 Å². The van der Waals surface area contributed by atoms with E-state index in [0.717, 1.165) is 0 Å².